The molecule has 2 fully saturated rings. The first-order valence-electron chi connectivity index (χ1n) is 9.74. The van der Waals surface area contributed by atoms with Crippen LogP contribution in [0.25, 0.3) is 0 Å². The first-order chi connectivity index (χ1) is 12.3. The van der Waals surface area contributed by atoms with E-state index in [9.17, 15) is 4.79 Å². The lowest BCUT2D eigenvalue weighted by atomic mass is 9.97. The number of rotatable bonds is 8. The topological polar surface area (TPSA) is 53.6 Å². The van der Waals surface area contributed by atoms with Crippen LogP contribution in [0, 0.1) is 5.92 Å². The molecule has 0 spiro atoms. The van der Waals surface area contributed by atoms with Gasteiger partial charge in [-0.25, -0.2) is 0 Å². The summed E-state index contributed by atoms with van der Waals surface area (Å²) in [4.78, 5) is 14.6. The number of benzene rings is 1. The molecule has 1 aromatic rings. The quantitative estimate of drug-likeness (QED) is 0.755. The van der Waals surface area contributed by atoms with E-state index in [1.165, 1.54) is 31.5 Å². The van der Waals surface area contributed by atoms with Crippen molar-refractivity contribution in [2.75, 3.05) is 45.9 Å². The van der Waals surface area contributed by atoms with Crippen molar-refractivity contribution in [2.24, 2.45) is 5.92 Å². The third-order valence-electron chi connectivity index (χ3n) is 5.22. The molecule has 0 atom stereocenters. The van der Waals surface area contributed by atoms with Gasteiger partial charge in [-0.15, -0.1) is 0 Å². The Hall–Kier alpha value is -1.59. The highest BCUT2D eigenvalue weighted by atomic mass is 16.5. The van der Waals surface area contributed by atoms with Gasteiger partial charge in [0.2, 0.25) is 5.91 Å². The van der Waals surface area contributed by atoms with Gasteiger partial charge in [0.15, 0.2) is 0 Å². The van der Waals surface area contributed by atoms with Gasteiger partial charge in [0, 0.05) is 19.0 Å². The SMILES string of the molecule is O=C(NCCc1ccc(OCCN2CCCC2)cc1)C1CCNCC1. The number of nitrogens with zero attached hydrogens (tertiary/aromatic N) is 1. The fourth-order valence-electron chi connectivity index (χ4n) is 3.61. The number of hydrogen-bond acceptors (Lipinski definition) is 4. The van der Waals surface area contributed by atoms with Crippen LogP contribution >= 0.6 is 0 Å². The summed E-state index contributed by atoms with van der Waals surface area (Å²) < 4.78 is 5.83. The molecule has 25 heavy (non-hydrogen) atoms. The minimum absolute atomic E-state index is 0.188. The van der Waals surface area contributed by atoms with Gasteiger partial charge >= 0.3 is 0 Å². The molecule has 0 saturated carbocycles. The average Bonchev–Trinajstić information content (AvgIpc) is 3.17. The van der Waals surface area contributed by atoms with E-state index in [2.05, 4.69) is 27.7 Å². The summed E-state index contributed by atoms with van der Waals surface area (Å²) in [7, 11) is 0. The summed E-state index contributed by atoms with van der Waals surface area (Å²) in [5, 5.41) is 6.37. The number of hydrogen-bond donors (Lipinski definition) is 2. The third kappa shape index (κ3) is 6.01. The zero-order valence-corrected chi connectivity index (χ0v) is 15.1. The van der Waals surface area contributed by atoms with Crippen LogP contribution in [0.5, 0.6) is 5.75 Å². The van der Waals surface area contributed by atoms with Crippen molar-refractivity contribution in [3.63, 3.8) is 0 Å². The molecule has 0 radical (unpaired) electrons. The number of nitrogens with one attached hydrogen (secondary N) is 2. The first kappa shape index (κ1) is 18.2. The summed E-state index contributed by atoms with van der Waals surface area (Å²) in [6, 6.07) is 8.27. The van der Waals surface area contributed by atoms with Gasteiger partial charge in [-0.2, -0.15) is 0 Å². The van der Waals surface area contributed by atoms with Crippen molar-refractivity contribution in [3.8, 4) is 5.75 Å². The standard InChI is InChI=1S/C20H31N3O2/c24-20(18-8-10-21-11-9-18)22-12-7-17-3-5-19(6-4-17)25-16-15-23-13-1-2-14-23/h3-6,18,21H,1-2,7-16H2,(H,22,24). The second kappa shape index (κ2) is 9.78. The lowest BCUT2D eigenvalue weighted by Crippen LogP contribution is -2.38. The molecule has 5 heteroatoms. The summed E-state index contributed by atoms with van der Waals surface area (Å²) in [5.41, 5.74) is 1.23. The van der Waals surface area contributed by atoms with E-state index in [4.69, 9.17) is 4.74 Å². The minimum atomic E-state index is 0.188. The molecule has 1 aromatic carbocycles. The Morgan fingerprint density at radius 2 is 1.88 bits per heavy atom. The lowest BCUT2D eigenvalue weighted by molar-refractivity contribution is -0.125. The van der Waals surface area contributed by atoms with Crippen LogP contribution in [0.4, 0.5) is 0 Å². The van der Waals surface area contributed by atoms with Crippen molar-refractivity contribution >= 4 is 5.91 Å². The van der Waals surface area contributed by atoms with Crippen LogP contribution in [0.3, 0.4) is 0 Å². The van der Waals surface area contributed by atoms with E-state index in [0.717, 1.165) is 51.3 Å². The predicted octanol–water partition coefficient (Wildman–Crippen LogP) is 1.82. The average molecular weight is 345 g/mol. The zero-order chi connectivity index (χ0) is 17.3. The van der Waals surface area contributed by atoms with Gasteiger partial charge in [-0.1, -0.05) is 12.1 Å². The van der Waals surface area contributed by atoms with Crippen molar-refractivity contribution < 1.29 is 9.53 Å². The molecule has 3 rings (SSSR count). The Labute approximate surface area is 151 Å². The molecule has 2 N–H and O–H groups in total. The van der Waals surface area contributed by atoms with Crippen molar-refractivity contribution in [1.29, 1.82) is 0 Å². The van der Waals surface area contributed by atoms with Gasteiger partial charge in [0.05, 0.1) is 0 Å². The van der Waals surface area contributed by atoms with Crippen LogP contribution in [0.15, 0.2) is 24.3 Å². The predicted molar refractivity (Wildman–Crippen MR) is 99.9 cm³/mol. The molecule has 0 aliphatic carbocycles. The molecule has 0 bridgehead atoms. The van der Waals surface area contributed by atoms with Gasteiger partial charge in [0.1, 0.15) is 12.4 Å². The maximum atomic E-state index is 12.1. The van der Waals surface area contributed by atoms with E-state index in [0.29, 0.717) is 6.54 Å². The van der Waals surface area contributed by atoms with Crippen molar-refractivity contribution in [1.82, 2.24) is 15.5 Å². The minimum Gasteiger partial charge on any atom is -0.492 e. The zero-order valence-electron chi connectivity index (χ0n) is 15.1. The molecule has 1 amide bonds. The van der Waals surface area contributed by atoms with Crippen LogP contribution in [0.2, 0.25) is 0 Å². The van der Waals surface area contributed by atoms with Crippen LogP contribution in [0.1, 0.15) is 31.2 Å². The highest BCUT2D eigenvalue weighted by Crippen LogP contribution is 2.14. The Morgan fingerprint density at radius 1 is 1.16 bits per heavy atom. The third-order valence-corrected chi connectivity index (χ3v) is 5.22. The van der Waals surface area contributed by atoms with E-state index in [-0.39, 0.29) is 11.8 Å². The second-order valence-electron chi connectivity index (χ2n) is 7.11. The van der Waals surface area contributed by atoms with Gasteiger partial charge < -0.3 is 15.4 Å². The second-order valence-corrected chi connectivity index (χ2v) is 7.11. The molecule has 0 aromatic heterocycles. The number of carbonyl (C=O) groups excluding carboxylic acids is 1. The van der Waals surface area contributed by atoms with E-state index < -0.39 is 0 Å². The Morgan fingerprint density at radius 3 is 2.60 bits per heavy atom. The fraction of sp³-hybridized carbons (Fsp3) is 0.650. The molecular weight excluding hydrogens is 314 g/mol. The number of piperidine rings is 1. The summed E-state index contributed by atoms with van der Waals surface area (Å²) in [6.45, 7) is 6.82. The molecule has 5 nitrogen and oxygen atoms in total. The molecule has 2 saturated heterocycles. The molecule has 2 aliphatic heterocycles. The summed E-state index contributed by atoms with van der Waals surface area (Å²) >= 11 is 0. The van der Waals surface area contributed by atoms with E-state index in [1.807, 2.05) is 12.1 Å². The molecule has 138 valence electrons. The summed E-state index contributed by atoms with van der Waals surface area (Å²) in [5.74, 6) is 1.33. The Bertz CT molecular complexity index is 520. The maximum absolute atomic E-state index is 12.1. The van der Waals surface area contributed by atoms with Crippen molar-refractivity contribution in [2.45, 2.75) is 32.1 Å². The number of amides is 1. The Balaban J connectivity index is 1.32. The van der Waals surface area contributed by atoms with Gasteiger partial charge in [-0.05, 0) is 76.0 Å². The monoisotopic (exact) mass is 345 g/mol. The fourth-order valence-corrected chi connectivity index (χ4v) is 3.61. The van der Waals surface area contributed by atoms with Crippen molar-refractivity contribution in [3.05, 3.63) is 29.8 Å². The molecular formula is C20H31N3O2. The van der Waals surface area contributed by atoms with E-state index in [1.54, 1.807) is 0 Å². The van der Waals surface area contributed by atoms with Gasteiger partial charge in [0.25, 0.3) is 0 Å². The number of carbonyl (C=O) groups is 1. The highest BCUT2D eigenvalue weighted by Gasteiger charge is 2.20. The smallest absolute Gasteiger partial charge is 0.223 e. The van der Waals surface area contributed by atoms with Gasteiger partial charge in [-0.3, -0.25) is 9.69 Å². The van der Waals surface area contributed by atoms with Crippen LogP contribution in [-0.4, -0.2) is 56.7 Å². The lowest BCUT2D eigenvalue weighted by Gasteiger charge is -2.21. The highest BCUT2D eigenvalue weighted by molar-refractivity contribution is 5.78. The van der Waals surface area contributed by atoms with Crippen LogP contribution < -0.4 is 15.4 Å². The summed E-state index contributed by atoms with van der Waals surface area (Å²) in [6.07, 6.45) is 5.42. The maximum Gasteiger partial charge on any atom is 0.223 e. The largest absolute Gasteiger partial charge is 0.492 e. The van der Waals surface area contributed by atoms with E-state index >= 15 is 0 Å². The molecule has 0 unspecified atom stereocenters. The number of ether oxygens (including phenoxy) is 1. The van der Waals surface area contributed by atoms with Crippen LogP contribution in [-0.2, 0) is 11.2 Å². The number of likely N-dealkylation sites (tertiary alicyclic amines) is 1. The first-order valence-corrected chi connectivity index (χ1v) is 9.74. The molecule has 2 aliphatic rings. The Kier molecular flexibility index (Phi) is 7.12. The normalized spacial score (nSPS) is 19.0. The molecule has 2 heterocycles.